The summed E-state index contributed by atoms with van der Waals surface area (Å²) in [6.07, 6.45) is 1.04. The van der Waals surface area contributed by atoms with Crippen molar-refractivity contribution < 1.29 is 5.11 Å². The van der Waals surface area contributed by atoms with E-state index in [4.69, 9.17) is 5.73 Å². The zero-order valence-corrected chi connectivity index (χ0v) is 8.88. The van der Waals surface area contributed by atoms with E-state index in [0.717, 1.165) is 6.54 Å². The summed E-state index contributed by atoms with van der Waals surface area (Å²) in [6, 6.07) is -0.462. The molecule has 1 heterocycles. The lowest BCUT2D eigenvalue weighted by Gasteiger charge is -2.16. The third-order valence-corrected chi connectivity index (χ3v) is 2.03. The molecule has 0 radical (unpaired) electrons. The summed E-state index contributed by atoms with van der Waals surface area (Å²) in [6.45, 7) is 6.69. The number of nitrogens with zero attached hydrogens (tertiary/aromatic N) is 3. The van der Waals surface area contributed by atoms with Crippen LogP contribution in [0.2, 0.25) is 0 Å². The Bertz CT molecular complexity index is 282. The summed E-state index contributed by atoms with van der Waals surface area (Å²) in [5, 5.41) is 17.1. The molecule has 0 aliphatic rings. The van der Waals surface area contributed by atoms with Gasteiger partial charge in [0, 0.05) is 6.54 Å². The minimum Gasteiger partial charge on any atom is -0.391 e. The number of nitrogens with two attached hydrogens (primary N) is 1. The molecule has 1 rings (SSSR count). The Balaban J connectivity index is 2.81. The third-order valence-electron chi connectivity index (χ3n) is 2.03. The van der Waals surface area contributed by atoms with Gasteiger partial charge in [-0.2, -0.15) is 0 Å². The number of aromatic nitrogens is 3. The molecule has 0 unspecified atom stereocenters. The first-order valence-corrected chi connectivity index (χ1v) is 4.83. The van der Waals surface area contributed by atoms with Crippen molar-refractivity contribution in [2.75, 3.05) is 0 Å². The number of hydrogen-bond acceptors (Lipinski definition) is 4. The highest BCUT2D eigenvalue weighted by Crippen LogP contribution is 2.12. The highest BCUT2D eigenvalue weighted by molar-refractivity contribution is 4.96. The Morgan fingerprint density at radius 2 is 2.14 bits per heavy atom. The van der Waals surface area contributed by atoms with Gasteiger partial charge in [-0.3, -0.25) is 0 Å². The van der Waals surface area contributed by atoms with Gasteiger partial charge in [0.25, 0.3) is 0 Å². The van der Waals surface area contributed by atoms with E-state index in [0.29, 0.717) is 11.7 Å². The quantitative estimate of drug-likeness (QED) is 0.730. The van der Waals surface area contributed by atoms with E-state index in [9.17, 15) is 5.11 Å². The van der Waals surface area contributed by atoms with Crippen LogP contribution in [-0.4, -0.2) is 26.0 Å². The van der Waals surface area contributed by atoms with Gasteiger partial charge in [0.05, 0.1) is 12.1 Å². The Hall–Kier alpha value is -0.940. The number of aliphatic hydroxyl groups excluding tert-OH is 1. The van der Waals surface area contributed by atoms with Crippen LogP contribution in [0.5, 0.6) is 0 Å². The predicted molar refractivity (Wildman–Crippen MR) is 53.5 cm³/mol. The molecule has 2 atom stereocenters. The molecule has 0 saturated carbocycles. The minimum atomic E-state index is -0.606. The number of rotatable bonds is 4. The first kappa shape index (κ1) is 11.1. The minimum absolute atomic E-state index is 0.462. The Morgan fingerprint density at radius 1 is 1.50 bits per heavy atom. The van der Waals surface area contributed by atoms with Gasteiger partial charge in [-0.15, -0.1) is 10.2 Å². The van der Waals surface area contributed by atoms with Crippen molar-refractivity contribution in [3.8, 4) is 0 Å². The van der Waals surface area contributed by atoms with Crippen molar-refractivity contribution in [2.45, 2.75) is 39.5 Å². The summed E-state index contributed by atoms with van der Waals surface area (Å²) in [7, 11) is 0. The standard InChI is InChI=1S/C9H18N4O/c1-6(2)4-13-5-11-12-9(13)8(10)7(3)14/h5-8,14H,4,10H2,1-3H3/t7-,8+/m1/s1. The van der Waals surface area contributed by atoms with Crippen molar-refractivity contribution in [2.24, 2.45) is 11.7 Å². The molecule has 1 aromatic heterocycles. The van der Waals surface area contributed by atoms with Crippen LogP contribution in [0.1, 0.15) is 32.6 Å². The van der Waals surface area contributed by atoms with E-state index in [1.54, 1.807) is 13.3 Å². The largest absolute Gasteiger partial charge is 0.391 e. The molecule has 0 aliphatic carbocycles. The third kappa shape index (κ3) is 2.52. The monoisotopic (exact) mass is 198 g/mol. The van der Waals surface area contributed by atoms with Crippen molar-refractivity contribution in [1.29, 1.82) is 0 Å². The molecule has 0 bridgehead atoms. The maximum atomic E-state index is 9.35. The van der Waals surface area contributed by atoms with Gasteiger partial charge in [0.2, 0.25) is 0 Å². The van der Waals surface area contributed by atoms with Gasteiger partial charge in [-0.25, -0.2) is 0 Å². The zero-order chi connectivity index (χ0) is 10.7. The molecule has 0 aromatic carbocycles. The molecular weight excluding hydrogens is 180 g/mol. The fourth-order valence-corrected chi connectivity index (χ4v) is 1.27. The van der Waals surface area contributed by atoms with Crippen LogP contribution in [0.3, 0.4) is 0 Å². The second-order valence-corrected chi connectivity index (χ2v) is 4.00. The molecule has 0 saturated heterocycles. The van der Waals surface area contributed by atoms with E-state index in [1.807, 2.05) is 4.57 Å². The van der Waals surface area contributed by atoms with Gasteiger partial charge in [-0.05, 0) is 12.8 Å². The summed E-state index contributed by atoms with van der Waals surface area (Å²) in [4.78, 5) is 0. The average Bonchev–Trinajstić information content (AvgIpc) is 2.49. The molecular formula is C9H18N4O. The maximum absolute atomic E-state index is 9.35. The summed E-state index contributed by atoms with van der Waals surface area (Å²) >= 11 is 0. The Labute approximate surface area is 83.9 Å². The Kier molecular flexibility index (Phi) is 3.60. The zero-order valence-electron chi connectivity index (χ0n) is 8.88. The topological polar surface area (TPSA) is 77.0 Å². The Morgan fingerprint density at radius 3 is 2.64 bits per heavy atom. The lowest BCUT2D eigenvalue weighted by molar-refractivity contribution is 0.158. The van der Waals surface area contributed by atoms with Crippen LogP contribution in [0.15, 0.2) is 6.33 Å². The van der Waals surface area contributed by atoms with Gasteiger partial charge < -0.3 is 15.4 Å². The molecule has 0 fully saturated rings. The molecule has 14 heavy (non-hydrogen) atoms. The molecule has 0 amide bonds. The second kappa shape index (κ2) is 4.52. The molecule has 80 valence electrons. The van der Waals surface area contributed by atoms with Crippen LogP contribution >= 0.6 is 0 Å². The van der Waals surface area contributed by atoms with Crippen molar-refractivity contribution >= 4 is 0 Å². The molecule has 5 heteroatoms. The van der Waals surface area contributed by atoms with E-state index in [-0.39, 0.29) is 0 Å². The van der Waals surface area contributed by atoms with E-state index in [1.165, 1.54) is 0 Å². The second-order valence-electron chi connectivity index (χ2n) is 4.00. The molecule has 3 N–H and O–H groups in total. The van der Waals surface area contributed by atoms with Crippen molar-refractivity contribution in [1.82, 2.24) is 14.8 Å². The van der Waals surface area contributed by atoms with E-state index < -0.39 is 12.1 Å². The molecule has 0 aliphatic heterocycles. The average molecular weight is 198 g/mol. The van der Waals surface area contributed by atoms with Gasteiger partial charge in [-0.1, -0.05) is 13.8 Å². The fourth-order valence-electron chi connectivity index (χ4n) is 1.27. The maximum Gasteiger partial charge on any atom is 0.152 e. The normalized spacial score (nSPS) is 15.9. The highest BCUT2D eigenvalue weighted by Gasteiger charge is 2.18. The first-order chi connectivity index (χ1) is 6.52. The molecule has 1 aromatic rings. The van der Waals surface area contributed by atoms with Gasteiger partial charge in [0.15, 0.2) is 5.82 Å². The van der Waals surface area contributed by atoms with Gasteiger partial charge in [0.1, 0.15) is 6.33 Å². The summed E-state index contributed by atoms with van der Waals surface area (Å²) in [5.41, 5.74) is 5.79. The van der Waals surface area contributed by atoms with Crippen LogP contribution in [0.25, 0.3) is 0 Å². The molecule has 5 nitrogen and oxygen atoms in total. The SMILES string of the molecule is CC(C)Cn1cnnc1[C@@H](N)[C@@H](C)O. The predicted octanol–water partition coefficient (Wildman–Crippen LogP) is 0.315. The van der Waals surface area contributed by atoms with Crippen LogP contribution in [-0.2, 0) is 6.54 Å². The summed E-state index contributed by atoms with van der Waals surface area (Å²) in [5.74, 6) is 1.15. The van der Waals surface area contributed by atoms with Crippen LogP contribution < -0.4 is 5.73 Å². The fraction of sp³-hybridized carbons (Fsp3) is 0.778. The van der Waals surface area contributed by atoms with Crippen LogP contribution in [0, 0.1) is 5.92 Å². The molecule has 0 spiro atoms. The lowest BCUT2D eigenvalue weighted by Crippen LogP contribution is -2.27. The van der Waals surface area contributed by atoms with Gasteiger partial charge >= 0.3 is 0 Å². The first-order valence-electron chi connectivity index (χ1n) is 4.83. The van der Waals surface area contributed by atoms with E-state index >= 15 is 0 Å². The van der Waals surface area contributed by atoms with Crippen molar-refractivity contribution in [3.05, 3.63) is 12.2 Å². The smallest absolute Gasteiger partial charge is 0.152 e. The van der Waals surface area contributed by atoms with E-state index in [2.05, 4.69) is 24.0 Å². The van der Waals surface area contributed by atoms with Crippen LogP contribution in [0.4, 0.5) is 0 Å². The number of hydrogen-bond donors (Lipinski definition) is 2. The lowest BCUT2D eigenvalue weighted by atomic mass is 10.1. The summed E-state index contributed by atoms with van der Waals surface area (Å²) < 4.78 is 1.89. The highest BCUT2D eigenvalue weighted by atomic mass is 16.3. The number of aliphatic hydroxyl groups is 1. The van der Waals surface area contributed by atoms with Crippen molar-refractivity contribution in [3.63, 3.8) is 0 Å².